The van der Waals surface area contributed by atoms with Crippen molar-refractivity contribution >= 4 is 16.9 Å². The highest BCUT2D eigenvalue weighted by atomic mass is 16.5. The number of esters is 1. The van der Waals surface area contributed by atoms with Gasteiger partial charge in [0.05, 0.1) is 0 Å². The third-order valence-electron chi connectivity index (χ3n) is 3.33. The molecule has 108 valence electrons. The number of carbonyl (C=O) groups excluding carboxylic acids is 1. The van der Waals surface area contributed by atoms with Gasteiger partial charge in [-0.3, -0.25) is 4.79 Å². The summed E-state index contributed by atoms with van der Waals surface area (Å²) in [4.78, 5) is 15.0. The van der Waals surface area contributed by atoms with Gasteiger partial charge in [0.15, 0.2) is 0 Å². The van der Waals surface area contributed by atoms with Gasteiger partial charge in [0.2, 0.25) is 0 Å². The molecular weight excluding hydrogens is 268 g/mol. The van der Waals surface area contributed by atoms with Crippen LogP contribution >= 0.6 is 0 Å². The zero-order chi connectivity index (χ0) is 14.7. The van der Waals surface area contributed by atoms with Gasteiger partial charge in [-0.05, 0) is 25.0 Å². The number of ether oxygens (including phenoxy) is 1. The fourth-order valence-electron chi connectivity index (χ4n) is 2.29. The highest BCUT2D eigenvalue weighted by molar-refractivity contribution is 5.83. The average Bonchev–Trinajstić information content (AvgIpc) is 3.09. The van der Waals surface area contributed by atoms with E-state index < -0.39 is 0 Å². The van der Waals surface area contributed by atoms with Gasteiger partial charge >= 0.3 is 5.97 Å². The van der Waals surface area contributed by atoms with E-state index in [9.17, 15) is 4.79 Å². The van der Waals surface area contributed by atoms with Crippen molar-refractivity contribution in [2.75, 3.05) is 0 Å². The van der Waals surface area contributed by atoms with Gasteiger partial charge < -0.3 is 14.2 Å². The van der Waals surface area contributed by atoms with Crippen LogP contribution in [0.2, 0.25) is 0 Å². The summed E-state index contributed by atoms with van der Waals surface area (Å²) in [6, 6.07) is 9.79. The molecule has 5 nitrogen and oxygen atoms in total. The van der Waals surface area contributed by atoms with E-state index in [1.54, 1.807) is 13.0 Å². The molecule has 0 aliphatic rings. The minimum atomic E-state index is -0.235. The fourth-order valence-corrected chi connectivity index (χ4v) is 2.29. The molecule has 3 aromatic rings. The van der Waals surface area contributed by atoms with Gasteiger partial charge in [0.25, 0.3) is 0 Å². The number of hydrogen-bond donors (Lipinski definition) is 1. The molecule has 2 aromatic heterocycles. The normalized spacial score (nSPS) is 10.9. The van der Waals surface area contributed by atoms with Gasteiger partial charge in [-0.1, -0.05) is 23.4 Å². The summed E-state index contributed by atoms with van der Waals surface area (Å²) < 4.78 is 10.1. The van der Waals surface area contributed by atoms with Gasteiger partial charge in [-0.15, -0.1) is 0 Å². The van der Waals surface area contributed by atoms with Gasteiger partial charge in [-0.25, -0.2) is 0 Å². The van der Waals surface area contributed by atoms with Gasteiger partial charge in [0, 0.05) is 29.6 Å². The summed E-state index contributed by atoms with van der Waals surface area (Å²) in [6.07, 6.45) is 2.94. The number of carbonyl (C=O) groups is 1. The molecular formula is C16H16N2O3. The lowest BCUT2D eigenvalue weighted by Crippen LogP contribution is -2.06. The van der Waals surface area contributed by atoms with Crippen LogP contribution in [0.4, 0.5) is 0 Å². The summed E-state index contributed by atoms with van der Waals surface area (Å²) in [5, 5.41) is 4.93. The number of H-pyrrole nitrogens is 1. The number of aromatic amines is 1. The van der Waals surface area contributed by atoms with Crippen molar-refractivity contribution < 1.29 is 14.1 Å². The molecule has 0 spiro atoms. The van der Waals surface area contributed by atoms with E-state index in [1.807, 2.05) is 30.5 Å². The van der Waals surface area contributed by atoms with Crippen LogP contribution in [0.3, 0.4) is 0 Å². The molecule has 0 aliphatic carbocycles. The maximum Gasteiger partial charge on any atom is 0.306 e. The van der Waals surface area contributed by atoms with Gasteiger partial charge in [0.1, 0.15) is 18.1 Å². The Bertz CT molecular complexity index is 758. The van der Waals surface area contributed by atoms with Crippen LogP contribution in [0.1, 0.15) is 23.4 Å². The van der Waals surface area contributed by atoms with E-state index in [1.165, 1.54) is 0 Å². The standard InChI is InChI=1S/C16H16N2O3/c1-11-8-13(18-21-11)10-20-16(19)7-6-12-9-17-15-5-3-2-4-14(12)15/h2-5,8-9,17H,6-7,10H2,1H3. The number of nitrogens with one attached hydrogen (secondary N) is 1. The Labute approximate surface area is 121 Å². The van der Waals surface area contributed by atoms with Crippen LogP contribution in [0.5, 0.6) is 0 Å². The smallest absolute Gasteiger partial charge is 0.306 e. The van der Waals surface area contributed by atoms with E-state index in [0.29, 0.717) is 24.3 Å². The van der Waals surface area contributed by atoms with Crippen molar-refractivity contribution in [1.29, 1.82) is 0 Å². The molecule has 0 amide bonds. The number of rotatable bonds is 5. The molecule has 0 saturated carbocycles. The summed E-state index contributed by atoms with van der Waals surface area (Å²) in [6.45, 7) is 1.96. The zero-order valence-electron chi connectivity index (χ0n) is 11.8. The van der Waals surface area contributed by atoms with Crippen LogP contribution < -0.4 is 0 Å². The molecule has 1 N–H and O–H groups in total. The molecule has 0 atom stereocenters. The highest BCUT2D eigenvalue weighted by Gasteiger charge is 2.09. The second-order valence-corrected chi connectivity index (χ2v) is 4.95. The first-order valence-corrected chi connectivity index (χ1v) is 6.85. The molecule has 0 saturated heterocycles. The lowest BCUT2D eigenvalue weighted by atomic mass is 10.1. The Hall–Kier alpha value is -2.56. The van der Waals surface area contributed by atoms with E-state index in [2.05, 4.69) is 10.1 Å². The first kappa shape index (κ1) is 13.4. The van der Waals surface area contributed by atoms with Crippen molar-refractivity contribution in [3.8, 4) is 0 Å². The highest BCUT2D eigenvalue weighted by Crippen LogP contribution is 2.19. The maximum atomic E-state index is 11.8. The van der Waals surface area contributed by atoms with Crippen molar-refractivity contribution in [3.63, 3.8) is 0 Å². The maximum absolute atomic E-state index is 11.8. The first-order valence-electron chi connectivity index (χ1n) is 6.85. The minimum absolute atomic E-state index is 0.157. The average molecular weight is 284 g/mol. The Morgan fingerprint density at radius 1 is 1.38 bits per heavy atom. The summed E-state index contributed by atoms with van der Waals surface area (Å²) in [5.41, 5.74) is 2.84. The zero-order valence-corrected chi connectivity index (χ0v) is 11.8. The van der Waals surface area contributed by atoms with Crippen LogP contribution in [0, 0.1) is 6.92 Å². The fraction of sp³-hybridized carbons (Fsp3) is 0.250. The second-order valence-electron chi connectivity index (χ2n) is 4.95. The number of aryl methyl sites for hydroxylation is 2. The third kappa shape index (κ3) is 3.13. The quantitative estimate of drug-likeness (QED) is 0.731. The van der Waals surface area contributed by atoms with Crippen LogP contribution in [-0.2, 0) is 22.6 Å². The molecule has 2 heterocycles. The number of para-hydroxylation sites is 1. The summed E-state index contributed by atoms with van der Waals surface area (Å²) in [7, 11) is 0. The summed E-state index contributed by atoms with van der Waals surface area (Å²) in [5.74, 6) is 0.473. The largest absolute Gasteiger partial charge is 0.459 e. The van der Waals surface area contributed by atoms with Crippen molar-refractivity contribution in [2.24, 2.45) is 0 Å². The van der Waals surface area contributed by atoms with E-state index in [-0.39, 0.29) is 12.6 Å². The van der Waals surface area contributed by atoms with E-state index >= 15 is 0 Å². The monoisotopic (exact) mass is 284 g/mol. The second kappa shape index (κ2) is 5.83. The van der Waals surface area contributed by atoms with Crippen molar-refractivity contribution in [1.82, 2.24) is 10.1 Å². The Kier molecular flexibility index (Phi) is 3.73. The third-order valence-corrected chi connectivity index (χ3v) is 3.33. The number of aromatic nitrogens is 2. The van der Waals surface area contributed by atoms with Crippen LogP contribution in [-0.4, -0.2) is 16.1 Å². The van der Waals surface area contributed by atoms with Crippen LogP contribution in [0.25, 0.3) is 10.9 Å². The molecule has 21 heavy (non-hydrogen) atoms. The molecule has 3 rings (SSSR count). The Morgan fingerprint density at radius 3 is 3.05 bits per heavy atom. The Balaban J connectivity index is 1.54. The minimum Gasteiger partial charge on any atom is -0.459 e. The number of nitrogens with zero attached hydrogens (tertiary/aromatic N) is 1. The number of hydrogen-bond acceptors (Lipinski definition) is 4. The van der Waals surface area contributed by atoms with Crippen molar-refractivity contribution in [2.45, 2.75) is 26.4 Å². The van der Waals surface area contributed by atoms with Crippen molar-refractivity contribution in [3.05, 3.63) is 53.5 Å². The number of fused-ring (bicyclic) bond motifs is 1. The van der Waals surface area contributed by atoms with Crippen LogP contribution in [0.15, 0.2) is 41.1 Å². The van der Waals surface area contributed by atoms with E-state index in [4.69, 9.17) is 9.26 Å². The molecule has 0 aliphatic heterocycles. The molecule has 0 radical (unpaired) electrons. The Morgan fingerprint density at radius 2 is 2.24 bits per heavy atom. The summed E-state index contributed by atoms with van der Waals surface area (Å²) >= 11 is 0. The molecule has 1 aromatic carbocycles. The molecule has 0 fully saturated rings. The molecule has 0 bridgehead atoms. The topological polar surface area (TPSA) is 68.1 Å². The molecule has 0 unspecified atom stereocenters. The first-order chi connectivity index (χ1) is 10.2. The lowest BCUT2D eigenvalue weighted by Gasteiger charge is -2.02. The number of benzene rings is 1. The molecule has 5 heteroatoms. The van der Waals surface area contributed by atoms with Gasteiger partial charge in [-0.2, -0.15) is 0 Å². The lowest BCUT2D eigenvalue weighted by molar-refractivity contribution is -0.145. The predicted molar refractivity (Wildman–Crippen MR) is 77.7 cm³/mol. The predicted octanol–water partition coefficient (Wildman–Crippen LogP) is 3.14. The SMILES string of the molecule is Cc1cc(COC(=O)CCc2c[nH]c3ccccc23)no1. The van der Waals surface area contributed by atoms with E-state index in [0.717, 1.165) is 16.5 Å².